The summed E-state index contributed by atoms with van der Waals surface area (Å²) in [5.74, 6) is -0.519. The van der Waals surface area contributed by atoms with E-state index in [4.69, 9.17) is 0 Å². The van der Waals surface area contributed by atoms with E-state index < -0.39 is 11.5 Å². The molecule has 1 heterocycles. The molecule has 1 aromatic heterocycles. The topological polar surface area (TPSA) is 67.2 Å². The number of hydrogen-bond acceptors (Lipinski definition) is 3. The van der Waals surface area contributed by atoms with Crippen LogP contribution in [0.2, 0.25) is 0 Å². The zero-order chi connectivity index (χ0) is 13.3. The highest BCUT2D eigenvalue weighted by molar-refractivity contribution is 5.79. The van der Waals surface area contributed by atoms with E-state index in [2.05, 4.69) is 10.3 Å². The molecule has 1 aromatic rings. The molecule has 5 heteroatoms. The number of nitrogens with zero attached hydrogens (tertiary/aromatic N) is 2. The number of imidazole rings is 1. The van der Waals surface area contributed by atoms with Gasteiger partial charge in [0.25, 0.3) is 0 Å². The second kappa shape index (κ2) is 4.72. The van der Waals surface area contributed by atoms with E-state index in [0.29, 0.717) is 13.1 Å². The number of nitrogens with one attached hydrogen (secondary N) is 1. The van der Waals surface area contributed by atoms with Gasteiger partial charge in [0.1, 0.15) is 5.54 Å². The zero-order valence-electron chi connectivity index (χ0n) is 11.2. The number of carboxylic acid groups (broad SMARTS) is 1. The normalized spacial score (nSPS) is 18.6. The van der Waals surface area contributed by atoms with Crippen molar-refractivity contribution in [3.05, 3.63) is 17.7 Å². The first kappa shape index (κ1) is 13.1. The second-order valence-corrected chi connectivity index (χ2v) is 5.12. The van der Waals surface area contributed by atoms with Crippen molar-refractivity contribution >= 4 is 5.97 Å². The molecule has 0 aliphatic heterocycles. The molecule has 0 aromatic carbocycles. The molecule has 0 spiro atoms. The number of aliphatic carboxylic acids is 1. The van der Waals surface area contributed by atoms with Gasteiger partial charge in [-0.15, -0.1) is 0 Å². The molecule has 2 N–H and O–H groups in total. The van der Waals surface area contributed by atoms with Gasteiger partial charge in [-0.1, -0.05) is 6.92 Å². The maximum Gasteiger partial charge on any atom is 0.326 e. The van der Waals surface area contributed by atoms with Crippen LogP contribution in [0.3, 0.4) is 0 Å². The molecule has 1 aliphatic carbocycles. The molecular formula is C13H21N3O2. The van der Waals surface area contributed by atoms with E-state index >= 15 is 0 Å². The quantitative estimate of drug-likeness (QED) is 0.800. The molecule has 0 saturated heterocycles. The van der Waals surface area contributed by atoms with Gasteiger partial charge in [-0.2, -0.15) is 0 Å². The van der Waals surface area contributed by atoms with Gasteiger partial charge in [-0.3, -0.25) is 4.79 Å². The van der Waals surface area contributed by atoms with Crippen LogP contribution in [0.1, 0.15) is 31.2 Å². The number of aryl methyl sites for hydroxylation is 1. The Balaban J connectivity index is 2.29. The van der Waals surface area contributed by atoms with Crippen LogP contribution in [0, 0.1) is 19.8 Å². The third-order valence-corrected chi connectivity index (χ3v) is 3.91. The highest BCUT2D eigenvalue weighted by Crippen LogP contribution is 2.41. The van der Waals surface area contributed by atoms with Crippen molar-refractivity contribution in [2.75, 3.05) is 6.54 Å². The summed E-state index contributed by atoms with van der Waals surface area (Å²) in [6, 6.07) is 0. The summed E-state index contributed by atoms with van der Waals surface area (Å²) in [6.07, 6.45) is 3.72. The summed E-state index contributed by atoms with van der Waals surface area (Å²) in [4.78, 5) is 16.0. The van der Waals surface area contributed by atoms with Crippen molar-refractivity contribution in [2.45, 2.75) is 45.7 Å². The van der Waals surface area contributed by atoms with Gasteiger partial charge in [0.05, 0.1) is 18.6 Å². The van der Waals surface area contributed by atoms with Gasteiger partial charge in [0.15, 0.2) is 0 Å². The highest BCUT2D eigenvalue weighted by atomic mass is 16.4. The summed E-state index contributed by atoms with van der Waals surface area (Å²) < 4.78 is 1.95. The SMILES string of the molecule is CCNC(Cn1cnc(C)c1C)(C(=O)O)C1CC1. The number of likely N-dealkylation sites (N-methyl/N-ethyl adjacent to an activating group) is 1. The predicted molar refractivity (Wildman–Crippen MR) is 68.5 cm³/mol. The van der Waals surface area contributed by atoms with E-state index in [-0.39, 0.29) is 5.92 Å². The fraction of sp³-hybridized carbons (Fsp3) is 0.692. The Morgan fingerprint density at radius 1 is 1.61 bits per heavy atom. The molecule has 1 aliphatic rings. The standard InChI is InChI=1S/C13H21N3O2/c1-4-15-13(12(17)18,11-5-6-11)7-16-8-14-9(2)10(16)3/h8,11,15H,4-7H2,1-3H3,(H,17,18). The Kier molecular flexibility index (Phi) is 3.43. The molecule has 1 unspecified atom stereocenters. The van der Waals surface area contributed by atoms with Crippen LogP contribution in [-0.4, -0.2) is 32.7 Å². The van der Waals surface area contributed by atoms with Crippen LogP contribution >= 0.6 is 0 Å². The highest BCUT2D eigenvalue weighted by Gasteiger charge is 2.51. The molecular weight excluding hydrogens is 230 g/mol. The van der Waals surface area contributed by atoms with Crippen molar-refractivity contribution in [1.29, 1.82) is 0 Å². The summed E-state index contributed by atoms with van der Waals surface area (Å²) in [5.41, 5.74) is 1.16. The fourth-order valence-electron chi connectivity index (χ4n) is 2.51. The number of aromatic nitrogens is 2. The molecule has 5 nitrogen and oxygen atoms in total. The van der Waals surface area contributed by atoms with Gasteiger partial charge in [-0.25, -0.2) is 4.98 Å². The molecule has 0 bridgehead atoms. The first-order valence-electron chi connectivity index (χ1n) is 6.48. The second-order valence-electron chi connectivity index (χ2n) is 5.12. The Hall–Kier alpha value is -1.36. The average molecular weight is 251 g/mol. The van der Waals surface area contributed by atoms with Gasteiger partial charge < -0.3 is 15.0 Å². The van der Waals surface area contributed by atoms with Crippen LogP contribution in [0.25, 0.3) is 0 Å². The van der Waals surface area contributed by atoms with Gasteiger partial charge in [0, 0.05) is 5.69 Å². The van der Waals surface area contributed by atoms with Gasteiger partial charge in [-0.05, 0) is 39.2 Å². The van der Waals surface area contributed by atoms with Crippen LogP contribution in [-0.2, 0) is 11.3 Å². The van der Waals surface area contributed by atoms with E-state index in [0.717, 1.165) is 24.2 Å². The number of carbonyl (C=O) groups is 1. The lowest BCUT2D eigenvalue weighted by Gasteiger charge is -2.31. The minimum absolute atomic E-state index is 0.233. The van der Waals surface area contributed by atoms with Crippen molar-refractivity contribution in [1.82, 2.24) is 14.9 Å². The third-order valence-electron chi connectivity index (χ3n) is 3.91. The van der Waals surface area contributed by atoms with Crippen molar-refractivity contribution in [3.63, 3.8) is 0 Å². The van der Waals surface area contributed by atoms with E-state index in [1.807, 2.05) is 25.3 Å². The molecule has 100 valence electrons. The molecule has 1 saturated carbocycles. The molecule has 2 rings (SSSR count). The molecule has 0 radical (unpaired) electrons. The molecule has 18 heavy (non-hydrogen) atoms. The summed E-state index contributed by atoms with van der Waals surface area (Å²) >= 11 is 0. The lowest BCUT2D eigenvalue weighted by molar-refractivity contribution is -0.146. The third kappa shape index (κ3) is 2.14. The van der Waals surface area contributed by atoms with Crippen molar-refractivity contribution in [2.24, 2.45) is 5.92 Å². The zero-order valence-corrected chi connectivity index (χ0v) is 11.2. The Morgan fingerprint density at radius 2 is 2.28 bits per heavy atom. The molecule has 1 fully saturated rings. The largest absolute Gasteiger partial charge is 0.480 e. The van der Waals surface area contributed by atoms with Crippen molar-refractivity contribution < 1.29 is 9.90 Å². The number of hydrogen-bond donors (Lipinski definition) is 2. The van der Waals surface area contributed by atoms with Gasteiger partial charge in [0.2, 0.25) is 0 Å². The summed E-state index contributed by atoms with van der Waals surface area (Å²) in [5, 5.41) is 12.8. The van der Waals surface area contributed by atoms with Crippen LogP contribution in [0.5, 0.6) is 0 Å². The van der Waals surface area contributed by atoms with Crippen molar-refractivity contribution in [3.8, 4) is 0 Å². The lowest BCUT2D eigenvalue weighted by atomic mass is 9.92. The first-order chi connectivity index (χ1) is 8.51. The number of carboxylic acids is 1. The maximum absolute atomic E-state index is 11.7. The lowest BCUT2D eigenvalue weighted by Crippen LogP contribution is -2.57. The average Bonchev–Trinajstić information content (AvgIpc) is 3.11. The van der Waals surface area contributed by atoms with Gasteiger partial charge >= 0.3 is 5.97 Å². The first-order valence-corrected chi connectivity index (χ1v) is 6.48. The van der Waals surface area contributed by atoms with E-state index in [9.17, 15) is 9.90 Å². The molecule has 0 amide bonds. The van der Waals surface area contributed by atoms with Crippen LogP contribution in [0.4, 0.5) is 0 Å². The minimum Gasteiger partial charge on any atom is -0.480 e. The summed E-state index contributed by atoms with van der Waals surface area (Å²) in [7, 11) is 0. The smallest absolute Gasteiger partial charge is 0.326 e. The Morgan fingerprint density at radius 3 is 2.67 bits per heavy atom. The fourth-order valence-corrected chi connectivity index (χ4v) is 2.51. The maximum atomic E-state index is 11.7. The van der Waals surface area contributed by atoms with E-state index in [1.54, 1.807) is 6.33 Å². The van der Waals surface area contributed by atoms with Crippen LogP contribution in [0.15, 0.2) is 6.33 Å². The number of rotatable bonds is 6. The van der Waals surface area contributed by atoms with Crippen LogP contribution < -0.4 is 5.32 Å². The minimum atomic E-state index is -0.841. The summed E-state index contributed by atoms with van der Waals surface area (Å²) in [6.45, 7) is 6.99. The Labute approximate surface area is 107 Å². The monoisotopic (exact) mass is 251 g/mol. The van der Waals surface area contributed by atoms with E-state index in [1.165, 1.54) is 0 Å². The Bertz CT molecular complexity index is 451. The molecule has 1 atom stereocenters. The predicted octanol–water partition coefficient (Wildman–Crippen LogP) is 1.34.